The molecule has 0 saturated heterocycles. The molecule has 2 atom stereocenters. The van der Waals surface area contributed by atoms with Crippen molar-refractivity contribution in [2.45, 2.75) is 37.0 Å². The van der Waals surface area contributed by atoms with Crippen LogP contribution in [0.25, 0.3) is 5.57 Å². The van der Waals surface area contributed by atoms with Crippen molar-refractivity contribution >= 4 is 5.57 Å². The number of benzene rings is 2. The maximum absolute atomic E-state index is 3.94. The molecule has 0 bridgehead atoms. The van der Waals surface area contributed by atoms with E-state index in [1.807, 2.05) is 6.08 Å². The third kappa shape index (κ3) is 2.43. The predicted molar refractivity (Wildman–Crippen MR) is 115 cm³/mol. The molecule has 2 unspecified atom stereocenters. The fourth-order valence-electron chi connectivity index (χ4n) is 5.66. The van der Waals surface area contributed by atoms with Gasteiger partial charge in [-0.05, 0) is 53.5 Å². The van der Waals surface area contributed by atoms with Crippen molar-refractivity contribution in [2.75, 3.05) is 0 Å². The Balaban J connectivity index is 1.70. The van der Waals surface area contributed by atoms with Crippen molar-refractivity contribution in [3.8, 4) is 0 Å². The summed E-state index contributed by atoms with van der Waals surface area (Å²) in [5, 5.41) is 0. The first-order valence-corrected chi connectivity index (χ1v) is 10.2. The van der Waals surface area contributed by atoms with Crippen LogP contribution >= 0.6 is 0 Å². The first-order valence-electron chi connectivity index (χ1n) is 10.2. The minimum absolute atomic E-state index is 0.131. The van der Waals surface area contributed by atoms with Gasteiger partial charge in [-0.25, -0.2) is 0 Å². The second kappa shape index (κ2) is 6.53. The van der Waals surface area contributed by atoms with Crippen molar-refractivity contribution in [2.24, 2.45) is 5.92 Å². The lowest BCUT2D eigenvalue weighted by atomic mass is 9.62. The van der Waals surface area contributed by atoms with Crippen LogP contribution in [-0.4, -0.2) is 0 Å². The molecule has 134 valence electrons. The highest BCUT2D eigenvalue weighted by Gasteiger charge is 2.50. The molecule has 0 heterocycles. The Kier molecular flexibility index (Phi) is 4.01. The van der Waals surface area contributed by atoms with Crippen LogP contribution < -0.4 is 0 Å². The van der Waals surface area contributed by atoms with Gasteiger partial charge in [-0.2, -0.15) is 0 Å². The van der Waals surface area contributed by atoms with E-state index < -0.39 is 0 Å². The van der Waals surface area contributed by atoms with E-state index >= 15 is 0 Å². The zero-order valence-electron chi connectivity index (χ0n) is 15.8. The minimum atomic E-state index is 0.131. The van der Waals surface area contributed by atoms with Gasteiger partial charge in [0.1, 0.15) is 0 Å². The zero-order chi connectivity index (χ0) is 18.3. The molecule has 3 aliphatic rings. The average Bonchev–Trinajstić information content (AvgIpc) is 3.44. The highest BCUT2D eigenvalue weighted by atomic mass is 14.5. The first-order chi connectivity index (χ1) is 13.3. The van der Waals surface area contributed by atoms with Gasteiger partial charge < -0.3 is 0 Å². The van der Waals surface area contributed by atoms with E-state index in [2.05, 4.69) is 85.5 Å². The molecule has 0 N–H and O–H groups in total. The lowest BCUT2D eigenvalue weighted by Gasteiger charge is -2.40. The highest BCUT2D eigenvalue weighted by Crippen LogP contribution is 2.58. The summed E-state index contributed by atoms with van der Waals surface area (Å²) in [7, 11) is 0. The molecule has 0 saturated carbocycles. The normalized spacial score (nSPS) is 25.5. The van der Waals surface area contributed by atoms with E-state index in [1.54, 1.807) is 5.56 Å². The molecular weight excluding hydrogens is 324 g/mol. The van der Waals surface area contributed by atoms with Gasteiger partial charge in [0.05, 0.1) is 0 Å². The van der Waals surface area contributed by atoms with Gasteiger partial charge in [0.15, 0.2) is 0 Å². The third-order valence-corrected chi connectivity index (χ3v) is 6.85. The van der Waals surface area contributed by atoms with Crippen LogP contribution in [0.2, 0.25) is 0 Å². The summed E-state index contributed by atoms with van der Waals surface area (Å²) in [6.07, 6.45) is 18.5. The van der Waals surface area contributed by atoms with Gasteiger partial charge in [0.25, 0.3) is 0 Å². The van der Waals surface area contributed by atoms with E-state index in [1.165, 1.54) is 35.1 Å². The molecule has 0 aliphatic heterocycles. The fraction of sp³-hybridized carbons (Fsp3) is 0.259. The van der Waals surface area contributed by atoms with Crippen molar-refractivity contribution in [1.29, 1.82) is 0 Å². The molecule has 27 heavy (non-hydrogen) atoms. The molecule has 0 fully saturated rings. The van der Waals surface area contributed by atoms with Crippen LogP contribution in [0.15, 0.2) is 91.6 Å². The van der Waals surface area contributed by atoms with Gasteiger partial charge in [0, 0.05) is 17.3 Å². The van der Waals surface area contributed by atoms with Gasteiger partial charge in [-0.1, -0.05) is 85.0 Å². The Labute approximate surface area is 162 Å². The van der Waals surface area contributed by atoms with E-state index in [0.717, 1.165) is 12.8 Å². The topological polar surface area (TPSA) is 0 Å². The monoisotopic (exact) mass is 350 g/mol. The van der Waals surface area contributed by atoms with Crippen molar-refractivity contribution < 1.29 is 0 Å². The molecule has 2 aromatic rings. The van der Waals surface area contributed by atoms with Crippen LogP contribution in [0.1, 0.15) is 47.4 Å². The largest absolute Gasteiger partial charge is 0.103 e. The van der Waals surface area contributed by atoms with Crippen molar-refractivity contribution in [1.82, 2.24) is 0 Å². The Bertz CT molecular complexity index is 959. The van der Waals surface area contributed by atoms with Crippen LogP contribution in [0.4, 0.5) is 0 Å². The molecular formula is C27H26. The molecule has 0 aromatic heterocycles. The minimum Gasteiger partial charge on any atom is -0.103 e. The van der Waals surface area contributed by atoms with Gasteiger partial charge in [0.2, 0.25) is 0 Å². The average molecular weight is 351 g/mol. The van der Waals surface area contributed by atoms with Crippen LogP contribution in [-0.2, 0) is 11.8 Å². The summed E-state index contributed by atoms with van der Waals surface area (Å²) in [5.74, 6) is 0.906. The molecule has 2 aromatic carbocycles. The summed E-state index contributed by atoms with van der Waals surface area (Å²) in [6.45, 7) is 3.94. The third-order valence-electron chi connectivity index (χ3n) is 6.85. The molecule has 0 amide bonds. The summed E-state index contributed by atoms with van der Waals surface area (Å²) in [5.41, 5.74) is 7.71. The van der Waals surface area contributed by atoms with Crippen molar-refractivity contribution in [3.05, 3.63) is 114 Å². The SMILES string of the molecule is C=CCCC1=CC(C2(C3C=CC=C3)CCc3ccccc32)c2ccccc21. The highest BCUT2D eigenvalue weighted by molar-refractivity contribution is 5.76. The number of rotatable bonds is 5. The van der Waals surface area contributed by atoms with Gasteiger partial charge in [-0.3, -0.25) is 0 Å². The Morgan fingerprint density at radius 1 is 1.00 bits per heavy atom. The molecule has 0 nitrogen and oxygen atoms in total. The maximum Gasteiger partial charge on any atom is 0.0160 e. The molecule has 3 aliphatic carbocycles. The van der Waals surface area contributed by atoms with E-state index in [9.17, 15) is 0 Å². The predicted octanol–water partition coefficient (Wildman–Crippen LogP) is 6.76. The second-order valence-corrected chi connectivity index (χ2v) is 8.08. The van der Waals surface area contributed by atoms with Crippen LogP contribution in [0, 0.1) is 5.92 Å². The number of hydrogen-bond donors (Lipinski definition) is 0. The van der Waals surface area contributed by atoms with Crippen LogP contribution in [0.5, 0.6) is 0 Å². The summed E-state index contributed by atoms with van der Waals surface area (Å²) in [6, 6.07) is 18.2. The van der Waals surface area contributed by atoms with E-state index in [0.29, 0.717) is 11.8 Å². The summed E-state index contributed by atoms with van der Waals surface area (Å²) in [4.78, 5) is 0. The second-order valence-electron chi connectivity index (χ2n) is 8.08. The first kappa shape index (κ1) is 16.6. The van der Waals surface area contributed by atoms with E-state index in [4.69, 9.17) is 0 Å². The molecule has 0 heteroatoms. The zero-order valence-corrected chi connectivity index (χ0v) is 15.8. The lowest BCUT2D eigenvalue weighted by Crippen LogP contribution is -2.36. The lowest BCUT2D eigenvalue weighted by molar-refractivity contribution is 0.328. The quantitative estimate of drug-likeness (QED) is 0.523. The number of fused-ring (bicyclic) bond motifs is 2. The molecule has 0 spiro atoms. The smallest absolute Gasteiger partial charge is 0.0160 e. The molecule has 0 radical (unpaired) electrons. The Morgan fingerprint density at radius 3 is 2.63 bits per heavy atom. The summed E-state index contributed by atoms with van der Waals surface area (Å²) >= 11 is 0. The molecule has 5 rings (SSSR count). The number of hydrogen-bond acceptors (Lipinski definition) is 0. The summed E-state index contributed by atoms with van der Waals surface area (Å²) < 4.78 is 0. The van der Waals surface area contributed by atoms with Gasteiger partial charge >= 0.3 is 0 Å². The Morgan fingerprint density at radius 2 is 1.78 bits per heavy atom. The van der Waals surface area contributed by atoms with Gasteiger partial charge in [-0.15, -0.1) is 6.58 Å². The van der Waals surface area contributed by atoms with Crippen LogP contribution in [0.3, 0.4) is 0 Å². The number of aryl methyl sites for hydroxylation is 1. The standard InChI is InChI=1S/C27H26/c1-2-3-10-21-19-26(24-15-8-7-14-23(21)24)27(22-12-5-6-13-22)18-17-20-11-4-9-16-25(20)27/h2,4-9,11-16,19,22,26H,1,3,10,17-18H2. The number of allylic oxidation sites excluding steroid dienone is 7. The fourth-order valence-corrected chi connectivity index (χ4v) is 5.66. The van der Waals surface area contributed by atoms with E-state index in [-0.39, 0.29) is 5.41 Å². The Hall–Kier alpha value is -2.60. The maximum atomic E-state index is 3.94. The van der Waals surface area contributed by atoms with Crippen molar-refractivity contribution in [3.63, 3.8) is 0 Å².